The van der Waals surface area contributed by atoms with Crippen molar-refractivity contribution in [3.05, 3.63) is 45.2 Å². The van der Waals surface area contributed by atoms with E-state index in [4.69, 9.17) is 5.11 Å². The van der Waals surface area contributed by atoms with Crippen LogP contribution < -0.4 is 4.72 Å². The van der Waals surface area contributed by atoms with Gasteiger partial charge in [0.15, 0.2) is 0 Å². The van der Waals surface area contributed by atoms with Crippen LogP contribution >= 0.6 is 27.3 Å². The monoisotopic (exact) mass is 361 g/mol. The van der Waals surface area contributed by atoms with E-state index in [0.717, 1.165) is 21.4 Å². The van der Waals surface area contributed by atoms with E-state index in [1.165, 1.54) is 6.07 Å². The van der Waals surface area contributed by atoms with Gasteiger partial charge in [0, 0.05) is 9.35 Å². The van der Waals surface area contributed by atoms with Gasteiger partial charge in [-0.05, 0) is 42.8 Å². The molecule has 1 aromatic heterocycles. The number of aliphatic hydroxyl groups is 1. The number of hydrogen-bond donors (Lipinski definition) is 2. The molecule has 4 nitrogen and oxygen atoms in total. The van der Waals surface area contributed by atoms with Crippen LogP contribution in [-0.2, 0) is 16.6 Å². The molecule has 2 N–H and O–H groups in total. The largest absolute Gasteiger partial charge is 0.391 e. The summed E-state index contributed by atoms with van der Waals surface area (Å²) < 4.78 is 27.8. The average molecular weight is 362 g/mol. The number of benzene rings is 1. The second-order valence-corrected chi connectivity index (χ2v) is 7.99. The molecule has 0 fully saturated rings. The third kappa shape index (κ3) is 3.56. The van der Waals surface area contributed by atoms with Crippen molar-refractivity contribution in [2.45, 2.75) is 17.7 Å². The molecular weight excluding hydrogens is 350 g/mol. The van der Waals surface area contributed by atoms with E-state index in [0.29, 0.717) is 10.6 Å². The minimum atomic E-state index is -3.60. The third-order valence-electron chi connectivity index (χ3n) is 2.35. The lowest BCUT2D eigenvalue weighted by molar-refractivity contribution is 0.285. The van der Waals surface area contributed by atoms with Gasteiger partial charge in [-0.25, -0.2) is 8.42 Å². The molecule has 0 aliphatic heterocycles. The van der Waals surface area contributed by atoms with Gasteiger partial charge >= 0.3 is 0 Å². The van der Waals surface area contributed by atoms with Gasteiger partial charge in [0.25, 0.3) is 10.0 Å². The van der Waals surface area contributed by atoms with Crippen molar-refractivity contribution < 1.29 is 13.5 Å². The standard InChI is InChI=1S/C12H12BrNO3S2/c1-8-4-9(13)6-10(5-8)14-19(16,17)12-3-2-11(7-15)18-12/h2-6,14-15H,7H2,1H3. The van der Waals surface area contributed by atoms with Crippen LogP contribution in [0.4, 0.5) is 5.69 Å². The molecule has 1 heterocycles. The van der Waals surface area contributed by atoms with Gasteiger partial charge in [-0.3, -0.25) is 4.72 Å². The fourth-order valence-corrected chi connectivity index (χ4v) is 4.45. The summed E-state index contributed by atoms with van der Waals surface area (Å²) in [6.07, 6.45) is 0. The number of halogens is 1. The molecule has 1 aromatic carbocycles. The smallest absolute Gasteiger partial charge is 0.271 e. The number of anilines is 1. The highest BCUT2D eigenvalue weighted by Crippen LogP contribution is 2.26. The predicted octanol–water partition coefficient (Wildman–Crippen LogP) is 3.11. The molecule has 0 saturated heterocycles. The van der Waals surface area contributed by atoms with E-state index in [-0.39, 0.29) is 10.8 Å². The van der Waals surface area contributed by atoms with Gasteiger partial charge in [0.1, 0.15) is 4.21 Å². The van der Waals surface area contributed by atoms with Crippen LogP contribution in [0.15, 0.2) is 39.0 Å². The first kappa shape index (κ1) is 14.5. The van der Waals surface area contributed by atoms with Crippen molar-refractivity contribution >= 4 is 43.0 Å². The summed E-state index contributed by atoms with van der Waals surface area (Å²) in [6, 6.07) is 8.44. The van der Waals surface area contributed by atoms with Gasteiger partial charge < -0.3 is 5.11 Å². The number of aryl methyl sites for hydroxylation is 1. The number of rotatable bonds is 4. The zero-order valence-corrected chi connectivity index (χ0v) is 13.3. The lowest BCUT2D eigenvalue weighted by Gasteiger charge is -2.07. The van der Waals surface area contributed by atoms with Gasteiger partial charge in [-0.15, -0.1) is 11.3 Å². The molecule has 0 atom stereocenters. The summed E-state index contributed by atoms with van der Waals surface area (Å²) in [4.78, 5) is 0.616. The number of hydrogen-bond acceptors (Lipinski definition) is 4. The molecule has 7 heteroatoms. The Morgan fingerprint density at radius 2 is 2.05 bits per heavy atom. The van der Waals surface area contributed by atoms with Crippen LogP contribution in [0.5, 0.6) is 0 Å². The predicted molar refractivity (Wildman–Crippen MR) is 79.9 cm³/mol. The second kappa shape index (κ2) is 5.62. The van der Waals surface area contributed by atoms with Crippen LogP contribution in [-0.4, -0.2) is 13.5 Å². The van der Waals surface area contributed by atoms with E-state index in [1.54, 1.807) is 18.2 Å². The van der Waals surface area contributed by atoms with Gasteiger partial charge in [-0.2, -0.15) is 0 Å². The van der Waals surface area contributed by atoms with E-state index < -0.39 is 10.0 Å². The van der Waals surface area contributed by atoms with Crippen LogP contribution in [0.2, 0.25) is 0 Å². The minimum Gasteiger partial charge on any atom is -0.391 e. The molecule has 2 aromatic rings. The first-order valence-electron chi connectivity index (χ1n) is 5.40. The maximum atomic E-state index is 12.2. The lowest BCUT2D eigenvalue weighted by Crippen LogP contribution is -2.11. The highest BCUT2D eigenvalue weighted by molar-refractivity contribution is 9.10. The van der Waals surface area contributed by atoms with Crippen LogP contribution in [0.3, 0.4) is 0 Å². The molecule has 0 radical (unpaired) electrons. The Bertz CT molecular complexity index is 675. The van der Waals surface area contributed by atoms with Gasteiger partial charge in [0.05, 0.1) is 12.3 Å². The summed E-state index contributed by atoms with van der Waals surface area (Å²) in [5.41, 5.74) is 1.46. The number of sulfonamides is 1. The molecule has 0 aliphatic rings. The highest BCUT2D eigenvalue weighted by atomic mass is 79.9. The topological polar surface area (TPSA) is 66.4 Å². The Balaban J connectivity index is 2.30. The van der Waals surface area contributed by atoms with E-state index in [2.05, 4.69) is 20.7 Å². The Morgan fingerprint density at radius 1 is 1.32 bits per heavy atom. The molecule has 0 bridgehead atoms. The maximum Gasteiger partial charge on any atom is 0.271 e. The minimum absolute atomic E-state index is 0.157. The fourth-order valence-electron chi connectivity index (χ4n) is 1.59. The van der Waals surface area contributed by atoms with Gasteiger partial charge in [0.2, 0.25) is 0 Å². The number of thiophene rings is 1. The third-order valence-corrected chi connectivity index (χ3v) is 5.75. The van der Waals surface area contributed by atoms with Gasteiger partial charge in [-0.1, -0.05) is 15.9 Å². The number of aliphatic hydroxyl groups excluding tert-OH is 1. The van der Waals surface area contributed by atoms with E-state index in [1.807, 2.05) is 13.0 Å². The molecule has 19 heavy (non-hydrogen) atoms. The Labute approximate surface area is 124 Å². The molecule has 0 spiro atoms. The molecule has 0 saturated carbocycles. The zero-order valence-electron chi connectivity index (χ0n) is 10.1. The first-order chi connectivity index (χ1) is 8.90. The second-order valence-electron chi connectivity index (χ2n) is 4.00. The van der Waals surface area contributed by atoms with Crippen molar-refractivity contribution in [2.75, 3.05) is 4.72 Å². The molecular formula is C12H12BrNO3S2. The summed E-state index contributed by atoms with van der Waals surface area (Å²) in [6.45, 7) is 1.73. The molecule has 0 aliphatic carbocycles. The van der Waals surface area contributed by atoms with Crippen molar-refractivity contribution in [3.8, 4) is 0 Å². The first-order valence-corrected chi connectivity index (χ1v) is 8.49. The van der Waals surface area contributed by atoms with Crippen LogP contribution in [0.1, 0.15) is 10.4 Å². The number of nitrogens with one attached hydrogen (secondary N) is 1. The van der Waals surface area contributed by atoms with Crippen molar-refractivity contribution in [2.24, 2.45) is 0 Å². The molecule has 2 rings (SSSR count). The maximum absolute atomic E-state index is 12.2. The Kier molecular flexibility index (Phi) is 4.29. The molecule has 0 amide bonds. The Morgan fingerprint density at radius 3 is 2.63 bits per heavy atom. The summed E-state index contributed by atoms with van der Waals surface area (Å²) >= 11 is 4.38. The summed E-state index contributed by atoms with van der Waals surface area (Å²) in [5, 5.41) is 8.97. The summed E-state index contributed by atoms with van der Waals surface area (Å²) in [5.74, 6) is 0. The van der Waals surface area contributed by atoms with Crippen LogP contribution in [0.25, 0.3) is 0 Å². The van der Waals surface area contributed by atoms with Crippen molar-refractivity contribution in [1.82, 2.24) is 0 Å². The summed E-state index contributed by atoms with van der Waals surface area (Å²) in [7, 11) is -3.60. The zero-order chi connectivity index (χ0) is 14.0. The Hall–Kier alpha value is -0.890. The quantitative estimate of drug-likeness (QED) is 0.878. The van der Waals surface area contributed by atoms with Crippen molar-refractivity contribution in [1.29, 1.82) is 0 Å². The molecule has 102 valence electrons. The van der Waals surface area contributed by atoms with Crippen molar-refractivity contribution in [3.63, 3.8) is 0 Å². The van der Waals surface area contributed by atoms with E-state index in [9.17, 15) is 8.42 Å². The SMILES string of the molecule is Cc1cc(Br)cc(NS(=O)(=O)c2ccc(CO)s2)c1. The average Bonchev–Trinajstić information content (AvgIpc) is 2.75. The normalized spacial score (nSPS) is 11.5. The lowest BCUT2D eigenvalue weighted by atomic mass is 10.2. The van der Waals surface area contributed by atoms with Crippen LogP contribution in [0, 0.1) is 6.92 Å². The highest BCUT2D eigenvalue weighted by Gasteiger charge is 2.17. The van der Waals surface area contributed by atoms with E-state index >= 15 is 0 Å². The molecule has 0 unspecified atom stereocenters. The fraction of sp³-hybridized carbons (Fsp3) is 0.167.